The summed E-state index contributed by atoms with van der Waals surface area (Å²) in [5.74, 6) is 0.0668. The summed E-state index contributed by atoms with van der Waals surface area (Å²) in [5, 5.41) is 18.2. The molecule has 0 unspecified atom stereocenters. The zero-order valence-electron chi connectivity index (χ0n) is 13.1. The second-order valence-electron chi connectivity index (χ2n) is 5.27. The lowest BCUT2D eigenvalue weighted by Crippen LogP contribution is -2.36. The molecule has 0 fully saturated rings. The minimum Gasteiger partial charge on any atom is -0.394 e. The summed E-state index contributed by atoms with van der Waals surface area (Å²) in [6.07, 6.45) is -0.375. The van der Waals surface area contributed by atoms with Crippen LogP contribution in [0.4, 0.5) is 5.69 Å². The van der Waals surface area contributed by atoms with Crippen molar-refractivity contribution >= 4 is 11.6 Å². The van der Waals surface area contributed by atoms with Crippen LogP contribution in [0.1, 0.15) is 18.9 Å². The number of carbonyl (C=O) groups excluding carboxylic acids is 1. The molecule has 0 spiro atoms. The van der Waals surface area contributed by atoms with Crippen molar-refractivity contribution in [1.82, 2.24) is 4.90 Å². The number of rotatable bonds is 8. The van der Waals surface area contributed by atoms with Gasteiger partial charge in [-0.05, 0) is 32.5 Å². The Balaban J connectivity index is 2.59. The van der Waals surface area contributed by atoms with Crippen LogP contribution < -0.4 is 4.90 Å². The molecule has 2 N–H and O–H groups in total. The molecule has 0 saturated carbocycles. The smallest absolute Gasteiger partial charge is 0.228 e. The molecule has 0 aliphatic heterocycles. The Morgan fingerprint density at radius 3 is 2.57 bits per heavy atom. The number of aliphatic hydroxyl groups excluding tert-OH is 2. The van der Waals surface area contributed by atoms with E-state index in [2.05, 4.69) is 0 Å². The van der Waals surface area contributed by atoms with Crippen molar-refractivity contribution in [2.45, 2.75) is 26.4 Å². The van der Waals surface area contributed by atoms with Crippen LogP contribution in [-0.2, 0) is 4.79 Å². The van der Waals surface area contributed by atoms with Crippen molar-refractivity contribution < 1.29 is 15.0 Å². The topological polar surface area (TPSA) is 64.0 Å². The maximum Gasteiger partial charge on any atom is 0.228 e. The van der Waals surface area contributed by atoms with E-state index in [0.717, 1.165) is 11.3 Å². The van der Waals surface area contributed by atoms with Gasteiger partial charge in [-0.15, -0.1) is 0 Å². The molecule has 21 heavy (non-hydrogen) atoms. The molecule has 5 nitrogen and oxygen atoms in total. The largest absolute Gasteiger partial charge is 0.394 e. The number of carbonyl (C=O) groups is 1. The zero-order valence-corrected chi connectivity index (χ0v) is 13.1. The number of nitrogens with zero attached hydrogens (tertiary/aromatic N) is 2. The van der Waals surface area contributed by atoms with E-state index in [1.54, 1.807) is 4.90 Å². The minimum atomic E-state index is -0.760. The summed E-state index contributed by atoms with van der Waals surface area (Å²) in [6.45, 7) is 5.24. The van der Waals surface area contributed by atoms with Gasteiger partial charge >= 0.3 is 0 Å². The number of amides is 1. The molecule has 1 aromatic rings. The van der Waals surface area contributed by atoms with Gasteiger partial charge in [-0.3, -0.25) is 4.79 Å². The van der Waals surface area contributed by atoms with Gasteiger partial charge in [0.15, 0.2) is 0 Å². The molecule has 0 saturated heterocycles. The molecule has 1 amide bonds. The highest BCUT2D eigenvalue weighted by Crippen LogP contribution is 2.19. The van der Waals surface area contributed by atoms with Crippen molar-refractivity contribution in [3.63, 3.8) is 0 Å². The van der Waals surface area contributed by atoms with Gasteiger partial charge in [0.05, 0.1) is 12.7 Å². The van der Waals surface area contributed by atoms with E-state index in [1.165, 1.54) is 0 Å². The first-order chi connectivity index (χ1) is 9.99. The molecular weight excluding hydrogens is 268 g/mol. The second kappa shape index (κ2) is 8.77. The van der Waals surface area contributed by atoms with Crippen molar-refractivity contribution in [3.8, 4) is 0 Å². The molecule has 0 aromatic heterocycles. The van der Waals surface area contributed by atoms with E-state index in [0.29, 0.717) is 26.1 Å². The number of benzene rings is 1. The van der Waals surface area contributed by atoms with Crippen LogP contribution in [0.15, 0.2) is 24.3 Å². The van der Waals surface area contributed by atoms with Crippen molar-refractivity contribution in [2.75, 3.05) is 38.2 Å². The van der Waals surface area contributed by atoms with Crippen LogP contribution in [0, 0.1) is 6.92 Å². The molecule has 1 atom stereocenters. The van der Waals surface area contributed by atoms with E-state index >= 15 is 0 Å². The maximum atomic E-state index is 12.4. The summed E-state index contributed by atoms with van der Waals surface area (Å²) < 4.78 is 0. The standard InChI is InChI=1S/C16H26N2O3/c1-4-18(15-8-6-5-7-13(15)2)16(21)9-10-17(3)11-14(20)12-19/h5-8,14,19-20H,4,9-12H2,1-3H3/t14-/m1/s1. The zero-order chi connectivity index (χ0) is 15.8. The predicted molar refractivity (Wildman–Crippen MR) is 84.4 cm³/mol. The van der Waals surface area contributed by atoms with Crippen LogP contribution in [0.2, 0.25) is 0 Å². The van der Waals surface area contributed by atoms with E-state index in [-0.39, 0.29) is 12.5 Å². The molecule has 1 rings (SSSR count). The highest BCUT2D eigenvalue weighted by molar-refractivity contribution is 5.94. The van der Waals surface area contributed by atoms with Crippen LogP contribution >= 0.6 is 0 Å². The SMILES string of the molecule is CCN(C(=O)CCN(C)C[C@@H](O)CO)c1ccccc1C. The summed E-state index contributed by atoms with van der Waals surface area (Å²) in [6, 6.07) is 7.84. The van der Waals surface area contributed by atoms with E-state index < -0.39 is 6.10 Å². The van der Waals surface area contributed by atoms with Crippen LogP contribution in [-0.4, -0.2) is 60.4 Å². The number of para-hydroxylation sites is 1. The maximum absolute atomic E-state index is 12.4. The highest BCUT2D eigenvalue weighted by atomic mass is 16.3. The van der Waals surface area contributed by atoms with Crippen LogP contribution in [0.5, 0.6) is 0 Å². The van der Waals surface area contributed by atoms with Gasteiger partial charge < -0.3 is 20.0 Å². The Bertz CT molecular complexity index is 451. The quantitative estimate of drug-likeness (QED) is 0.751. The lowest BCUT2D eigenvalue weighted by Gasteiger charge is -2.25. The second-order valence-corrected chi connectivity index (χ2v) is 5.27. The Labute approximate surface area is 126 Å². The molecule has 0 aliphatic carbocycles. The Morgan fingerprint density at radius 1 is 1.33 bits per heavy atom. The van der Waals surface area contributed by atoms with Gasteiger partial charge in [0, 0.05) is 31.7 Å². The van der Waals surface area contributed by atoms with E-state index in [1.807, 2.05) is 50.1 Å². The third-order valence-corrected chi connectivity index (χ3v) is 3.46. The van der Waals surface area contributed by atoms with Gasteiger partial charge in [-0.25, -0.2) is 0 Å². The molecular formula is C16H26N2O3. The average molecular weight is 294 g/mol. The van der Waals surface area contributed by atoms with E-state index in [4.69, 9.17) is 5.11 Å². The van der Waals surface area contributed by atoms with Crippen LogP contribution in [0.3, 0.4) is 0 Å². The number of hydrogen-bond acceptors (Lipinski definition) is 4. The van der Waals surface area contributed by atoms with Gasteiger partial charge in [-0.1, -0.05) is 18.2 Å². The Hall–Kier alpha value is -1.43. The summed E-state index contributed by atoms with van der Waals surface area (Å²) in [7, 11) is 1.83. The van der Waals surface area contributed by atoms with Crippen molar-refractivity contribution in [3.05, 3.63) is 29.8 Å². The van der Waals surface area contributed by atoms with Gasteiger partial charge in [-0.2, -0.15) is 0 Å². The minimum absolute atomic E-state index is 0.0668. The molecule has 0 heterocycles. The Morgan fingerprint density at radius 2 is 2.00 bits per heavy atom. The first-order valence-electron chi connectivity index (χ1n) is 7.33. The average Bonchev–Trinajstić information content (AvgIpc) is 2.47. The molecule has 1 aromatic carbocycles. The van der Waals surface area contributed by atoms with Gasteiger partial charge in [0.1, 0.15) is 0 Å². The van der Waals surface area contributed by atoms with E-state index in [9.17, 15) is 9.90 Å². The molecule has 118 valence electrons. The third-order valence-electron chi connectivity index (χ3n) is 3.46. The highest BCUT2D eigenvalue weighted by Gasteiger charge is 2.16. The molecule has 5 heteroatoms. The van der Waals surface area contributed by atoms with Gasteiger partial charge in [0.25, 0.3) is 0 Å². The lowest BCUT2D eigenvalue weighted by molar-refractivity contribution is -0.118. The number of anilines is 1. The molecule has 0 radical (unpaired) electrons. The number of aryl methyl sites for hydroxylation is 1. The fourth-order valence-electron chi connectivity index (χ4n) is 2.28. The first kappa shape index (κ1) is 17.6. The molecule has 0 aliphatic rings. The number of likely N-dealkylation sites (N-methyl/N-ethyl adjacent to an activating group) is 1. The summed E-state index contributed by atoms with van der Waals surface area (Å²) in [4.78, 5) is 16.0. The monoisotopic (exact) mass is 294 g/mol. The van der Waals surface area contributed by atoms with Crippen molar-refractivity contribution in [2.24, 2.45) is 0 Å². The van der Waals surface area contributed by atoms with Crippen LogP contribution in [0.25, 0.3) is 0 Å². The first-order valence-corrected chi connectivity index (χ1v) is 7.33. The third kappa shape index (κ3) is 5.46. The fraction of sp³-hybridized carbons (Fsp3) is 0.562. The summed E-state index contributed by atoms with van der Waals surface area (Å²) in [5.41, 5.74) is 2.03. The lowest BCUT2D eigenvalue weighted by atomic mass is 10.1. The predicted octanol–water partition coefficient (Wildman–Crippen LogP) is 1.02. The van der Waals surface area contributed by atoms with Crippen molar-refractivity contribution in [1.29, 1.82) is 0 Å². The molecule has 0 bridgehead atoms. The summed E-state index contributed by atoms with van der Waals surface area (Å²) >= 11 is 0. The number of hydrogen-bond donors (Lipinski definition) is 2. The fourth-order valence-corrected chi connectivity index (χ4v) is 2.28. The Kier molecular flexibility index (Phi) is 7.36. The normalized spacial score (nSPS) is 12.5. The number of aliphatic hydroxyl groups is 2. The van der Waals surface area contributed by atoms with Gasteiger partial charge in [0.2, 0.25) is 5.91 Å².